The number of likely N-dealkylation sites (tertiary alicyclic amines) is 1. The Kier molecular flexibility index (Phi) is 5.10. The fourth-order valence-corrected chi connectivity index (χ4v) is 3.41. The third-order valence-corrected chi connectivity index (χ3v) is 4.70. The number of benzene rings is 1. The Morgan fingerprint density at radius 1 is 1.17 bits per heavy atom. The molecular weight excluding hydrogens is 290 g/mol. The monoisotopic (exact) mass is 315 g/mol. The fraction of sp³-hybridized carbons (Fsp3) is 0.500. The van der Waals surface area contributed by atoms with E-state index in [4.69, 9.17) is 0 Å². The van der Waals surface area contributed by atoms with E-state index in [0.29, 0.717) is 19.0 Å². The standard InChI is InChI=1S/C18H25N3O2/c1-20-12-15(11-19-20)17(22)10-16-8-5-9-21(16)13-18(23)14-6-3-2-4-7-14/h2-4,6-7,11-12,16-18,22-23H,5,8-10,13H2,1H3/t16?,17?,18-/m0/s1. The molecule has 0 radical (unpaired) electrons. The van der Waals surface area contributed by atoms with Gasteiger partial charge in [0, 0.05) is 31.4 Å². The van der Waals surface area contributed by atoms with Gasteiger partial charge >= 0.3 is 0 Å². The van der Waals surface area contributed by atoms with Crippen LogP contribution in [0.5, 0.6) is 0 Å². The van der Waals surface area contributed by atoms with Gasteiger partial charge in [-0.05, 0) is 31.4 Å². The number of hydrogen-bond acceptors (Lipinski definition) is 4. The lowest BCUT2D eigenvalue weighted by atomic mass is 10.0. The molecule has 0 amide bonds. The molecule has 1 aliphatic rings. The van der Waals surface area contributed by atoms with Crippen molar-refractivity contribution in [3.8, 4) is 0 Å². The van der Waals surface area contributed by atoms with Gasteiger partial charge in [0.1, 0.15) is 0 Å². The molecule has 2 aromatic rings. The van der Waals surface area contributed by atoms with E-state index in [1.54, 1.807) is 10.9 Å². The highest BCUT2D eigenvalue weighted by molar-refractivity contribution is 5.17. The Hall–Kier alpha value is -1.69. The summed E-state index contributed by atoms with van der Waals surface area (Å²) in [5.74, 6) is 0. The summed E-state index contributed by atoms with van der Waals surface area (Å²) in [7, 11) is 1.86. The Morgan fingerprint density at radius 2 is 1.96 bits per heavy atom. The summed E-state index contributed by atoms with van der Waals surface area (Å²) < 4.78 is 1.71. The summed E-state index contributed by atoms with van der Waals surface area (Å²) >= 11 is 0. The lowest BCUT2D eigenvalue weighted by Gasteiger charge is -2.28. The molecule has 0 spiro atoms. The van der Waals surface area contributed by atoms with Crippen LogP contribution in [0.3, 0.4) is 0 Å². The Morgan fingerprint density at radius 3 is 2.65 bits per heavy atom. The lowest BCUT2D eigenvalue weighted by Crippen LogP contribution is -2.34. The van der Waals surface area contributed by atoms with Crippen LogP contribution >= 0.6 is 0 Å². The minimum Gasteiger partial charge on any atom is -0.388 e. The van der Waals surface area contributed by atoms with Gasteiger partial charge in [0.2, 0.25) is 0 Å². The number of aliphatic hydroxyl groups excluding tert-OH is 2. The SMILES string of the molecule is Cn1cc(C(O)CC2CCCN2C[C@H](O)c2ccccc2)cn1. The minimum atomic E-state index is -0.497. The van der Waals surface area contributed by atoms with Crippen molar-refractivity contribution >= 4 is 0 Å². The minimum absolute atomic E-state index is 0.309. The second-order valence-electron chi connectivity index (χ2n) is 6.42. The summed E-state index contributed by atoms with van der Waals surface area (Å²) in [4.78, 5) is 2.30. The average Bonchev–Trinajstić information content (AvgIpc) is 3.17. The van der Waals surface area contributed by atoms with E-state index >= 15 is 0 Å². The lowest BCUT2D eigenvalue weighted by molar-refractivity contribution is 0.0784. The maximum Gasteiger partial charge on any atom is 0.0917 e. The van der Waals surface area contributed by atoms with E-state index in [0.717, 1.165) is 30.5 Å². The topological polar surface area (TPSA) is 61.5 Å². The van der Waals surface area contributed by atoms with Crippen LogP contribution in [0.25, 0.3) is 0 Å². The van der Waals surface area contributed by atoms with E-state index in [-0.39, 0.29) is 0 Å². The van der Waals surface area contributed by atoms with Crippen molar-refractivity contribution in [1.29, 1.82) is 0 Å². The first-order valence-electron chi connectivity index (χ1n) is 8.27. The number of β-amino-alcohol motifs (C(OH)–C–C–N with tert-alkyl or cyclic N) is 1. The molecule has 2 unspecified atom stereocenters. The highest BCUT2D eigenvalue weighted by Gasteiger charge is 2.29. The van der Waals surface area contributed by atoms with Crippen molar-refractivity contribution in [3.05, 3.63) is 53.9 Å². The highest BCUT2D eigenvalue weighted by atomic mass is 16.3. The predicted octanol–water partition coefficient (Wildman–Crippen LogP) is 2.04. The second kappa shape index (κ2) is 7.25. The van der Waals surface area contributed by atoms with Crippen molar-refractivity contribution in [1.82, 2.24) is 14.7 Å². The normalized spacial score (nSPS) is 21.4. The van der Waals surface area contributed by atoms with Crippen molar-refractivity contribution in [2.24, 2.45) is 7.05 Å². The van der Waals surface area contributed by atoms with E-state index in [1.165, 1.54) is 0 Å². The van der Waals surface area contributed by atoms with Gasteiger partial charge in [0.05, 0.1) is 18.4 Å². The van der Waals surface area contributed by atoms with Crippen LogP contribution in [-0.2, 0) is 7.05 Å². The van der Waals surface area contributed by atoms with Crippen LogP contribution in [0.4, 0.5) is 0 Å². The van der Waals surface area contributed by atoms with Crippen molar-refractivity contribution < 1.29 is 10.2 Å². The molecule has 1 aromatic heterocycles. The molecule has 1 aromatic carbocycles. The second-order valence-corrected chi connectivity index (χ2v) is 6.42. The predicted molar refractivity (Wildman–Crippen MR) is 88.8 cm³/mol. The zero-order chi connectivity index (χ0) is 16.2. The first-order chi connectivity index (χ1) is 11.1. The fourth-order valence-electron chi connectivity index (χ4n) is 3.41. The van der Waals surface area contributed by atoms with E-state index in [1.807, 2.05) is 43.6 Å². The van der Waals surface area contributed by atoms with Crippen molar-refractivity contribution in [2.45, 2.75) is 37.5 Å². The van der Waals surface area contributed by atoms with Gasteiger partial charge in [-0.2, -0.15) is 5.10 Å². The number of hydrogen-bond donors (Lipinski definition) is 2. The van der Waals surface area contributed by atoms with E-state index in [9.17, 15) is 10.2 Å². The number of aliphatic hydroxyl groups is 2. The van der Waals surface area contributed by atoms with Crippen LogP contribution in [-0.4, -0.2) is 44.0 Å². The van der Waals surface area contributed by atoms with Crippen LogP contribution in [0.1, 0.15) is 42.6 Å². The molecule has 5 nitrogen and oxygen atoms in total. The van der Waals surface area contributed by atoms with Gasteiger partial charge in [-0.3, -0.25) is 9.58 Å². The highest BCUT2D eigenvalue weighted by Crippen LogP contribution is 2.28. The smallest absolute Gasteiger partial charge is 0.0917 e. The van der Waals surface area contributed by atoms with E-state index in [2.05, 4.69) is 10.00 Å². The van der Waals surface area contributed by atoms with Gasteiger partial charge in [0.25, 0.3) is 0 Å². The molecule has 0 aliphatic carbocycles. The summed E-state index contributed by atoms with van der Waals surface area (Å²) in [5.41, 5.74) is 1.81. The molecule has 5 heteroatoms. The van der Waals surface area contributed by atoms with Crippen LogP contribution in [0, 0.1) is 0 Å². The molecule has 2 N–H and O–H groups in total. The third kappa shape index (κ3) is 3.99. The maximum absolute atomic E-state index is 10.4. The molecule has 0 saturated carbocycles. The number of nitrogens with zero attached hydrogens (tertiary/aromatic N) is 3. The molecule has 1 saturated heterocycles. The van der Waals surface area contributed by atoms with Crippen LogP contribution in [0.2, 0.25) is 0 Å². The van der Waals surface area contributed by atoms with Gasteiger partial charge in [0.15, 0.2) is 0 Å². The maximum atomic E-state index is 10.4. The molecule has 124 valence electrons. The third-order valence-electron chi connectivity index (χ3n) is 4.70. The Labute approximate surface area is 137 Å². The first kappa shape index (κ1) is 16.2. The average molecular weight is 315 g/mol. The largest absolute Gasteiger partial charge is 0.388 e. The van der Waals surface area contributed by atoms with Gasteiger partial charge < -0.3 is 10.2 Å². The van der Waals surface area contributed by atoms with Gasteiger partial charge in [-0.1, -0.05) is 30.3 Å². The number of aryl methyl sites for hydroxylation is 1. The molecule has 2 heterocycles. The van der Waals surface area contributed by atoms with E-state index < -0.39 is 12.2 Å². The van der Waals surface area contributed by atoms with Crippen LogP contribution < -0.4 is 0 Å². The molecule has 1 aliphatic heterocycles. The summed E-state index contributed by atoms with van der Waals surface area (Å²) in [6.07, 6.45) is 5.49. The molecule has 23 heavy (non-hydrogen) atoms. The van der Waals surface area contributed by atoms with Gasteiger partial charge in [-0.25, -0.2) is 0 Å². The molecule has 3 rings (SSSR count). The summed E-state index contributed by atoms with van der Waals surface area (Å²) in [6, 6.07) is 10.1. The van der Waals surface area contributed by atoms with Crippen molar-refractivity contribution in [3.63, 3.8) is 0 Å². The quantitative estimate of drug-likeness (QED) is 0.856. The Balaban J connectivity index is 1.59. The first-order valence-corrected chi connectivity index (χ1v) is 8.27. The summed E-state index contributed by atoms with van der Waals surface area (Å²) in [5, 5.41) is 25.0. The molecular formula is C18H25N3O2. The molecule has 0 bridgehead atoms. The Bertz CT molecular complexity index is 614. The molecule has 1 fully saturated rings. The molecule has 3 atom stereocenters. The number of rotatable bonds is 6. The summed E-state index contributed by atoms with van der Waals surface area (Å²) in [6.45, 7) is 1.60. The number of aromatic nitrogens is 2. The zero-order valence-corrected chi connectivity index (χ0v) is 13.5. The zero-order valence-electron chi connectivity index (χ0n) is 13.5. The van der Waals surface area contributed by atoms with Crippen LogP contribution in [0.15, 0.2) is 42.7 Å². The van der Waals surface area contributed by atoms with Crippen molar-refractivity contribution in [2.75, 3.05) is 13.1 Å². The van der Waals surface area contributed by atoms with Gasteiger partial charge in [-0.15, -0.1) is 0 Å².